The molecule has 24 heavy (non-hydrogen) atoms. The van der Waals surface area contributed by atoms with Gasteiger partial charge in [0.05, 0.1) is 15.5 Å². The number of aromatic nitrogens is 2. The van der Waals surface area contributed by atoms with Crippen LogP contribution in [-0.4, -0.2) is 14.3 Å². The first-order valence-corrected chi connectivity index (χ1v) is 8.24. The number of benzene rings is 2. The molecule has 0 saturated heterocycles. The molecule has 6 heteroatoms. The number of imidazole rings is 1. The molecule has 2 aromatic heterocycles. The van der Waals surface area contributed by atoms with Crippen LogP contribution in [0.5, 0.6) is 0 Å². The Balaban J connectivity index is 1.77. The molecular formula is C18H13N3O2S. The molecule has 118 valence electrons. The van der Waals surface area contributed by atoms with Crippen molar-refractivity contribution in [3.8, 4) is 21.7 Å². The highest BCUT2D eigenvalue weighted by Gasteiger charge is 2.15. The molecule has 4 rings (SSSR count). The third kappa shape index (κ3) is 2.37. The van der Waals surface area contributed by atoms with E-state index in [1.165, 1.54) is 12.1 Å². The molecule has 0 radical (unpaired) electrons. The third-order valence-electron chi connectivity index (χ3n) is 3.97. The highest BCUT2D eigenvalue weighted by atomic mass is 32.1. The normalized spacial score (nSPS) is 11.0. The maximum atomic E-state index is 10.8. The minimum Gasteiger partial charge on any atom is -0.294 e. The monoisotopic (exact) mass is 335 g/mol. The zero-order valence-corrected chi connectivity index (χ0v) is 13.7. The number of non-ortho nitro benzene ring substituents is 1. The van der Waals surface area contributed by atoms with Gasteiger partial charge in [0.15, 0.2) is 4.96 Å². The van der Waals surface area contributed by atoms with Gasteiger partial charge in [-0.25, -0.2) is 4.98 Å². The van der Waals surface area contributed by atoms with Gasteiger partial charge in [-0.2, -0.15) is 0 Å². The van der Waals surface area contributed by atoms with Crippen molar-refractivity contribution >= 4 is 22.0 Å². The molecule has 0 bridgehead atoms. The number of fused-ring (bicyclic) bond motifs is 1. The molecule has 2 aromatic carbocycles. The van der Waals surface area contributed by atoms with Gasteiger partial charge >= 0.3 is 0 Å². The molecule has 0 unspecified atom stereocenters. The fourth-order valence-electron chi connectivity index (χ4n) is 2.70. The van der Waals surface area contributed by atoms with Crippen LogP contribution in [0.1, 0.15) is 5.69 Å². The molecule has 0 aliphatic carbocycles. The predicted octanol–water partition coefficient (Wildman–Crippen LogP) is 4.95. The van der Waals surface area contributed by atoms with Crippen LogP contribution < -0.4 is 0 Å². The molecular weight excluding hydrogens is 322 g/mol. The van der Waals surface area contributed by atoms with E-state index in [9.17, 15) is 10.1 Å². The Morgan fingerprint density at radius 2 is 1.75 bits per heavy atom. The number of aryl methyl sites for hydroxylation is 1. The molecule has 5 nitrogen and oxygen atoms in total. The van der Waals surface area contributed by atoms with Crippen molar-refractivity contribution in [3.63, 3.8) is 0 Å². The van der Waals surface area contributed by atoms with E-state index in [2.05, 4.69) is 4.40 Å². The second-order valence-corrected chi connectivity index (χ2v) is 6.44. The number of hydrogen-bond acceptors (Lipinski definition) is 4. The molecule has 0 fully saturated rings. The Hall–Kier alpha value is -2.99. The number of thiazole rings is 1. The summed E-state index contributed by atoms with van der Waals surface area (Å²) in [6.45, 7) is 2.04. The van der Waals surface area contributed by atoms with Gasteiger partial charge in [-0.05, 0) is 24.6 Å². The van der Waals surface area contributed by atoms with Crippen molar-refractivity contribution < 1.29 is 4.92 Å². The molecule has 0 amide bonds. The maximum Gasteiger partial charge on any atom is 0.269 e. The van der Waals surface area contributed by atoms with Crippen LogP contribution in [0.4, 0.5) is 5.69 Å². The van der Waals surface area contributed by atoms with E-state index in [-0.39, 0.29) is 10.6 Å². The number of hydrogen-bond donors (Lipinski definition) is 0. The van der Waals surface area contributed by atoms with Crippen LogP contribution >= 0.6 is 11.3 Å². The number of rotatable bonds is 3. The molecule has 0 aliphatic rings. The van der Waals surface area contributed by atoms with E-state index in [1.807, 2.05) is 43.5 Å². The highest BCUT2D eigenvalue weighted by molar-refractivity contribution is 7.20. The minimum absolute atomic E-state index is 0.101. The van der Waals surface area contributed by atoms with Crippen molar-refractivity contribution in [2.45, 2.75) is 6.92 Å². The Kier molecular flexibility index (Phi) is 3.39. The van der Waals surface area contributed by atoms with Crippen molar-refractivity contribution in [2.24, 2.45) is 0 Å². The van der Waals surface area contributed by atoms with Crippen LogP contribution in [0, 0.1) is 17.0 Å². The van der Waals surface area contributed by atoms with Crippen molar-refractivity contribution in [1.82, 2.24) is 9.38 Å². The summed E-state index contributed by atoms with van der Waals surface area (Å²) in [5, 5.41) is 10.8. The first-order valence-electron chi connectivity index (χ1n) is 7.42. The quantitative estimate of drug-likeness (QED) is 0.393. The largest absolute Gasteiger partial charge is 0.294 e. The number of nitro benzene ring substituents is 1. The van der Waals surface area contributed by atoms with Gasteiger partial charge in [0.25, 0.3) is 5.69 Å². The van der Waals surface area contributed by atoms with Crippen molar-refractivity contribution in [1.29, 1.82) is 0 Å². The summed E-state index contributed by atoms with van der Waals surface area (Å²) in [6.07, 6.45) is 2.03. The van der Waals surface area contributed by atoms with Gasteiger partial charge in [0.2, 0.25) is 0 Å². The predicted molar refractivity (Wildman–Crippen MR) is 95.3 cm³/mol. The van der Waals surface area contributed by atoms with Crippen LogP contribution in [0.3, 0.4) is 0 Å². The molecule has 0 spiro atoms. The minimum atomic E-state index is -0.385. The average molecular weight is 335 g/mol. The zero-order valence-electron chi connectivity index (χ0n) is 12.8. The third-order valence-corrected chi connectivity index (χ3v) is 5.17. The maximum absolute atomic E-state index is 10.8. The van der Waals surface area contributed by atoms with E-state index in [4.69, 9.17) is 4.98 Å². The van der Waals surface area contributed by atoms with Gasteiger partial charge in [-0.3, -0.25) is 14.5 Å². The van der Waals surface area contributed by atoms with Crippen LogP contribution in [0.25, 0.3) is 26.7 Å². The molecule has 0 saturated carbocycles. The molecule has 2 heterocycles. The van der Waals surface area contributed by atoms with Gasteiger partial charge in [0, 0.05) is 29.6 Å². The SMILES string of the molecule is Cc1c(-c2ccc([N+](=O)[O-])cc2)sc2nc(-c3ccccc3)cn12. The summed E-state index contributed by atoms with van der Waals surface area (Å²) >= 11 is 1.59. The smallest absolute Gasteiger partial charge is 0.269 e. The zero-order chi connectivity index (χ0) is 16.7. The summed E-state index contributed by atoms with van der Waals surface area (Å²) < 4.78 is 2.07. The second kappa shape index (κ2) is 5.58. The lowest BCUT2D eigenvalue weighted by molar-refractivity contribution is -0.384. The summed E-state index contributed by atoms with van der Waals surface area (Å²) in [6, 6.07) is 16.7. The first kappa shape index (κ1) is 14.6. The Bertz CT molecular complexity index is 1030. The van der Waals surface area contributed by atoms with Crippen LogP contribution in [0.2, 0.25) is 0 Å². The van der Waals surface area contributed by atoms with E-state index < -0.39 is 0 Å². The van der Waals surface area contributed by atoms with Crippen LogP contribution in [0.15, 0.2) is 60.8 Å². The molecule has 0 N–H and O–H groups in total. The first-order chi connectivity index (χ1) is 11.6. The lowest BCUT2D eigenvalue weighted by Gasteiger charge is -2.00. The van der Waals surface area contributed by atoms with Crippen molar-refractivity contribution in [2.75, 3.05) is 0 Å². The fourth-order valence-corrected chi connectivity index (χ4v) is 3.81. The Morgan fingerprint density at radius 3 is 2.38 bits per heavy atom. The summed E-state index contributed by atoms with van der Waals surface area (Å²) in [5.41, 5.74) is 4.18. The van der Waals surface area contributed by atoms with E-state index >= 15 is 0 Å². The summed E-state index contributed by atoms with van der Waals surface area (Å²) in [4.78, 5) is 17.1. The average Bonchev–Trinajstić information content (AvgIpc) is 3.16. The van der Waals surface area contributed by atoms with Gasteiger partial charge < -0.3 is 0 Å². The lowest BCUT2D eigenvalue weighted by atomic mass is 10.1. The Labute approximate surface area is 142 Å². The topological polar surface area (TPSA) is 60.4 Å². The number of nitro groups is 1. The standard InChI is InChI=1S/C18H13N3O2S/c1-12-17(14-7-9-15(10-8-14)21(22)23)24-18-19-16(11-20(12)18)13-5-3-2-4-6-13/h2-11H,1H3. The van der Waals surface area contributed by atoms with E-state index in [0.29, 0.717) is 0 Å². The fraction of sp³-hybridized carbons (Fsp3) is 0.0556. The van der Waals surface area contributed by atoms with Gasteiger partial charge in [-0.15, -0.1) is 0 Å². The molecule has 0 atom stereocenters. The van der Waals surface area contributed by atoms with Gasteiger partial charge in [-0.1, -0.05) is 41.7 Å². The van der Waals surface area contributed by atoms with Gasteiger partial charge in [0.1, 0.15) is 0 Å². The van der Waals surface area contributed by atoms with E-state index in [1.54, 1.807) is 23.5 Å². The molecule has 0 aliphatic heterocycles. The van der Waals surface area contributed by atoms with E-state index in [0.717, 1.165) is 32.4 Å². The van der Waals surface area contributed by atoms with Crippen molar-refractivity contribution in [3.05, 3.63) is 76.6 Å². The lowest BCUT2D eigenvalue weighted by Crippen LogP contribution is -1.88. The Morgan fingerprint density at radius 1 is 1.04 bits per heavy atom. The second-order valence-electron chi connectivity index (χ2n) is 5.47. The summed E-state index contributed by atoms with van der Waals surface area (Å²) in [5.74, 6) is 0. The highest BCUT2D eigenvalue weighted by Crippen LogP contribution is 2.34. The molecule has 4 aromatic rings. The number of nitrogens with zero attached hydrogens (tertiary/aromatic N) is 3. The van der Waals surface area contributed by atoms with Crippen LogP contribution in [-0.2, 0) is 0 Å². The summed E-state index contributed by atoms with van der Waals surface area (Å²) in [7, 11) is 0.